The Morgan fingerprint density at radius 2 is 1.69 bits per heavy atom. The van der Waals surface area contributed by atoms with E-state index in [1.54, 1.807) is 18.4 Å². The highest BCUT2D eigenvalue weighted by atomic mass is 32.1. The Morgan fingerprint density at radius 1 is 1.00 bits per heavy atom. The Morgan fingerprint density at radius 3 is 2.35 bits per heavy atom. The van der Waals surface area contributed by atoms with Crippen LogP contribution < -0.4 is 14.8 Å². The highest BCUT2D eigenvalue weighted by Gasteiger charge is 2.05. The third-order valence-electron chi connectivity index (χ3n) is 3.79. The molecule has 6 heteroatoms. The molecule has 0 aliphatic heterocycles. The van der Waals surface area contributed by atoms with Gasteiger partial charge in [0, 0.05) is 18.4 Å². The molecule has 1 N–H and O–H groups in total. The number of nitrogens with zero attached hydrogens (tertiary/aromatic N) is 2. The maximum Gasteiger partial charge on any atom is 0.187 e. The number of methoxy groups -OCH3 is 1. The van der Waals surface area contributed by atoms with Crippen molar-refractivity contribution in [3.63, 3.8) is 0 Å². The van der Waals surface area contributed by atoms with E-state index in [9.17, 15) is 0 Å². The Bertz CT molecular complexity index is 814. The van der Waals surface area contributed by atoms with Gasteiger partial charge in [-0.3, -0.25) is 0 Å². The Kier molecular flexibility index (Phi) is 6.09. The Labute approximate surface area is 158 Å². The number of likely N-dealkylation sites (N-methyl/N-ethyl adjacent to an activating group) is 1. The largest absolute Gasteiger partial charge is 0.497 e. The number of thiazole rings is 1. The minimum absolute atomic E-state index is 0.678. The summed E-state index contributed by atoms with van der Waals surface area (Å²) in [6.07, 6.45) is 1.88. The second-order valence-corrected chi connectivity index (χ2v) is 7.09. The van der Waals surface area contributed by atoms with E-state index in [0.717, 1.165) is 39.3 Å². The van der Waals surface area contributed by atoms with Gasteiger partial charge < -0.3 is 19.7 Å². The standard InChI is InChI=1S/C20H23N3O2S/c1-23(2)12-13-25-18-10-6-16(7-11-18)22-20-21-14-19(26-20)15-4-8-17(24-3)9-5-15/h4-11,14H,12-13H2,1-3H3,(H,21,22). The van der Waals surface area contributed by atoms with Crippen molar-refractivity contribution in [1.82, 2.24) is 9.88 Å². The fraction of sp³-hybridized carbons (Fsp3) is 0.250. The molecule has 0 aliphatic rings. The van der Waals surface area contributed by atoms with Gasteiger partial charge in [-0.2, -0.15) is 0 Å². The van der Waals surface area contributed by atoms with Crippen molar-refractivity contribution in [2.75, 3.05) is 39.7 Å². The second-order valence-electron chi connectivity index (χ2n) is 6.06. The van der Waals surface area contributed by atoms with Crippen LogP contribution >= 0.6 is 11.3 Å². The number of nitrogens with one attached hydrogen (secondary N) is 1. The molecule has 0 saturated carbocycles. The zero-order chi connectivity index (χ0) is 18.4. The van der Waals surface area contributed by atoms with Gasteiger partial charge in [-0.25, -0.2) is 4.98 Å². The molecule has 1 aromatic heterocycles. The lowest BCUT2D eigenvalue weighted by atomic mass is 10.2. The lowest BCUT2D eigenvalue weighted by Crippen LogP contribution is -2.19. The first kappa shape index (κ1) is 18.2. The fourth-order valence-corrected chi connectivity index (χ4v) is 3.17. The van der Waals surface area contributed by atoms with Crippen LogP contribution in [0.1, 0.15) is 0 Å². The van der Waals surface area contributed by atoms with Gasteiger partial charge in [-0.05, 0) is 68.2 Å². The van der Waals surface area contributed by atoms with Gasteiger partial charge in [0.2, 0.25) is 0 Å². The van der Waals surface area contributed by atoms with Crippen LogP contribution in [-0.2, 0) is 0 Å². The molecule has 0 fully saturated rings. The molecule has 0 aliphatic carbocycles. The van der Waals surface area contributed by atoms with Crippen molar-refractivity contribution in [3.05, 3.63) is 54.7 Å². The van der Waals surface area contributed by atoms with Crippen molar-refractivity contribution in [2.45, 2.75) is 0 Å². The van der Waals surface area contributed by atoms with E-state index < -0.39 is 0 Å². The molecular weight excluding hydrogens is 346 g/mol. The second kappa shape index (κ2) is 8.69. The number of anilines is 2. The van der Waals surface area contributed by atoms with Crippen LogP contribution in [-0.4, -0.2) is 44.2 Å². The van der Waals surface area contributed by atoms with E-state index in [0.29, 0.717) is 6.61 Å². The van der Waals surface area contributed by atoms with E-state index in [4.69, 9.17) is 9.47 Å². The predicted octanol–water partition coefficient (Wildman–Crippen LogP) is 4.50. The average molecular weight is 369 g/mol. The molecule has 0 bridgehead atoms. The van der Waals surface area contributed by atoms with Gasteiger partial charge in [-0.15, -0.1) is 0 Å². The van der Waals surface area contributed by atoms with Crippen LogP contribution in [0.4, 0.5) is 10.8 Å². The molecule has 136 valence electrons. The fourth-order valence-electron chi connectivity index (χ4n) is 2.32. The molecule has 0 spiro atoms. The van der Waals surface area contributed by atoms with Crippen molar-refractivity contribution in [1.29, 1.82) is 0 Å². The number of aromatic nitrogens is 1. The van der Waals surface area contributed by atoms with Gasteiger partial charge in [0.15, 0.2) is 5.13 Å². The summed E-state index contributed by atoms with van der Waals surface area (Å²) in [6, 6.07) is 15.9. The quantitative estimate of drug-likeness (QED) is 0.633. The topological polar surface area (TPSA) is 46.6 Å². The minimum Gasteiger partial charge on any atom is -0.497 e. The summed E-state index contributed by atoms with van der Waals surface area (Å²) in [5.74, 6) is 1.72. The summed E-state index contributed by atoms with van der Waals surface area (Å²) in [5, 5.41) is 4.20. The molecule has 0 unspecified atom stereocenters. The van der Waals surface area contributed by atoms with Crippen molar-refractivity contribution in [3.8, 4) is 21.9 Å². The minimum atomic E-state index is 0.678. The summed E-state index contributed by atoms with van der Waals surface area (Å²) in [7, 11) is 5.73. The number of benzene rings is 2. The van der Waals surface area contributed by atoms with Crippen LogP contribution in [0.2, 0.25) is 0 Å². The molecule has 1 heterocycles. The molecule has 0 atom stereocenters. The average Bonchev–Trinajstić information content (AvgIpc) is 3.11. The van der Waals surface area contributed by atoms with E-state index in [-0.39, 0.29) is 0 Å². The predicted molar refractivity (Wildman–Crippen MR) is 108 cm³/mol. The molecule has 0 saturated heterocycles. The number of hydrogen-bond acceptors (Lipinski definition) is 6. The van der Waals surface area contributed by atoms with Crippen LogP contribution in [0.25, 0.3) is 10.4 Å². The molecule has 0 radical (unpaired) electrons. The van der Waals surface area contributed by atoms with Crippen molar-refractivity contribution in [2.24, 2.45) is 0 Å². The maximum atomic E-state index is 5.71. The normalized spacial score (nSPS) is 10.8. The molecule has 0 amide bonds. The summed E-state index contributed by atoms with van der Waals surface area (Å²) < 4.78 is 10.9. The first-order chi connectivity index (χ1) is 12.6. The van der Waals surface area contributed by atoms with E-state index in [1.807, 2.05) is 68.8 Å². The van der Waals surface area contributed by atoms with Crippen LogP contribution in [0, 0.1) is 0 Å². The van der Waals surface area contributed by atoms with Crippen LogP contribution in [0.3, 0.4) is 0 Å². The number of rotatable bonds is 8. The third-order valence-corrected chi connectivity index (χ3v) is 4.75. The van der Waals surface area contributed by atoms with Crippen molar-refractivity contribution >= 4 is 22.2 Å². The Hall–Kier alpha value is -2.57. The summed E-state index contributed by atoms with van der Waals surface area (Å²) in [4.78, 5) is 7.67. The van der Waals surface area contributed by atoms with Gasteiger partial charge in [0.1, 0.15) is 18.1 Å². The van der Waals surface area contributed by atoms with E-state index in [1.165, 1.54) is 0 Å². The third kappa shape index (κ3) is 4.97. The van der Waals surface area contributed by atoms with Gasteiger partial charge >= 0.3 is 0 Å². The molecule has 5 nitrogen and oxygen atoms in total. The Balaban J connectivity index is 1.59. The lowest BCUT2D eigenvalue weighted by Gasteiger charge is -2.11. The van der Waals surface area contributed by atoms with Gasteiger partial charge in [-0.1, -0.05) is 11.3 Å². The molecule has 2 aromatic carbocycles. The molecule has 3 aromatic rings. The first-order valence-corrected chi connectivity index (χ1v) is 9.20. The van der Waals surface area contributed by atoms with Gasteiger partial charge in [0.05, 0.1) is 12.0 Å². The lowest BCUT2D eigenvalue weighted by molar-refractivity contribution is 0.261. The molecule has 26 heavy (non-hydrogen) atoms. The summed E-state index contributed by atoms with van der Waals surface area (Å²) in [5.41, 5.74) is 2.11. The monoisotopic (exact) mass is 369 g/mol. The van der Waals surface area contributed by atoms with E-state index in [2.05, 4.69) is 15.2 Å². The zero-order valence-corrected chi connectivity index (χ0v) is 16.0. The molecule has 3 rings (SSSR count). The summed E-state index contributed by atoms with van der Waals surface area (Å²) in [6.45, 7) is 1.57. The zero-order valence-electron chi connectivity index (χ0n) is 15.2. The van der Waals surface area contributed by atoms with Gasteiger partial charge in [0.25, 0.3) is 0 Å². The SMILES string of the molecule is COc1ccc(-c2cnc(Nc3ccc(OCCN(C)C)cc3)s2)cc1. The number of hydrogen-bond donors (Lipinski definition) is 1. The van der Waals surface area contributed by atoms with Crippen molar-refractivity contribution < 1.29 is 9.47 Å². The highest BCUT2D eigenvalue weighted by Crippen LogP contribution is 2.31. The summed E-state index contributed by atoms with van der Waals surface area (Å²) >= 11 is 1.62. The first-order valence-electron chi connectivity index (χ1n) is 8.39. The van der Waals surface area contributed by atoms with Crippen LogP contribution in [0.5, 0.6) is 11.5 Å². The maximum absolute atomic E-state index is 5.71. The van der Waals surface area contributed by atoms with Crippen LogP contribution in [0.15, 0.2) is 54.7 Å². The number of ether oxygens (including phenoxy) is 2. The highest BCUT2D eigenvalue weighted by molar-refractivity contribution is 7.18. The smallest absolute Gasteiger partial charge is 0.187 e. The molecular formula is C20H23N3O2S. The van der Waals surface area contributed by atoms with E-state index >= 15 is 0 Å².